The molecular formula is C14H16F2O3. The second-order valence-corrected chi connectivity index (χ2v) is 4.06. The average molecular weight is 270 g/mol. The van der Waals surface area contributed by atoms with Crippen molar-refractivity contribution in [1.29, 1.82) is 0 Å². The topological polar surface area (TPSA) is 43.4 Å². The van der Waals surface area contributed by atoms with E-state index in [4.69, 9.17) is 4.74 Å². The van der Waals surface area contributed by atoms with Crippen LogP contribution in [0.1, 0.15) is 43.0 Å². The first-order valence-electron chi connectivity index (χ1n) is 6.18. The Balaban J connectivity index is 2.39. The molecule has 0 spiro atoms. The Morgan fingerprint density at radius 3 is 2.53 bits per heavy atom. The highest BCUT2D eigenvalue weighted by Crippen LogP contribution is 2.14. The van der Waals surface area contributed by atoms with Crippen LogP contribution in [-0.2, 0) is 9.53 Å². The lowest BCUT2D eigenvalue weighted by Crippen LogP contribution is -2.05. The molecule has 1 aromatic carbocycles. The Morgan fingerprint density at radius 1 is 1.16 bits per heavy atom. The molecule has 0 saturated carbocycles. The van der Waals surface area contributed by atoms with Gasteiger partial charge in [-0.2, -0.15) is 0 Å². The van der Waals surface area contributed by atoms with E-state index in [1.165, 1.54) is 0 Å². The molecule has 1 aromatic rings. The molecule has 0 unspecified atom stereocenters. The van der Waals surface area contributed by atoms with E-state index in [9.17, 15) is 18.4 Å². The summed E-state index contributed by atoms with van der Waals surface area (Å²) in [5, 5.41) is 0. The van der Waals surface area contributed by atoms with Crippen LogP contribution >= 0.6 is 0 Å². The number of rotatable bonds is 7. The number of Topliss-reactive ketones (excluding diaryl/α,β-unsaturated/α-hetero) is 1. The van der Waals surface area contributed by atoms with Gasteiger partial charge in [-0.15, -0.1) is 0 Å². The lowest BCUT2D eigenvalue weighted by molar-refractivity contribution is -0.143. The molecular weight excluding hydrogens is 254 g/mol. The summed E-state index contributed by atoms with van der Waals surface area (Å²) >= 11 is 0. The fourth-order valence-electron chi connectivity index (χ4n) is 1.63. The number of hydrogen-bond acceptors (Lipinski definition) is 3. The van der Waals surface area contributed by atoms with E-state index in [2.05, 4.69) is 0 Å². The number of unbranched alkanes of at least 4 members (excludes halogenated alkanes) is 1. The van der Waals surface area contributed by atoms with Crippen LogP contribution in [-0.4, -0.2) is 18.4 Å². The molecule has 0 aromatic heterocycles. The zero-order chi connectivity index (χ0) is 14.3. The van der Waals surface area contributed by atoms with Crippen LogP contribution < -0.4 is 0 Å². The smallest absolute Gasteiger partial charge is 0.305 e. The summed E-state index contributed by atoms with van der Waals surface area (Å²) in [7, 11) is 0. The van der Waals surface area contributed by atoms with Gasteiger partial charge in [-0.1, -0.05) is 0 Å². The standard InChI is InChI=1S/C14H16F2O3/c1-2-19-14(18)6-4-3-5-13(17)11-9-10(15)7-8-12(11)16/h7-9H,2-6H2,1H3. The Kier molecular flexibility index (Phi) is 6.12. The van der Waals surface area contributed by atoms with Crippen LogP contribution in [0, 0.1) is 11.6 Å². The van der Waals surface area contributed by atoms with Crippen molar-refractivity contribution in [2.45, 2.75) is 32.6 Å². The Hall–Kier alpha value is -1.78. The van der Waals surface area contributed by atoms with Crippen LogP contribution in [0.15, 0.2) is 18.2 Å². The lowest BCUT2D eigenvalue weighted by Gasteiger charge is -2.03. The molecule has 1 rings (SSSR count). The molecule has 0 aliphatic rings. The first-order chi connectivity index (χ1) is 9.04. The molecule has 0 amide bonds. The monoisotopic (exact) mass is 270 g/mol. The third-order valence-corrected chi connectivity index (χ3v) is 2.57. The van der Waals surface area contributed by atoms with Gasteiger partial charge in [-0.25, -0.2) is 8.78 Å². The van der Waals surface area contributed by atoms with Crippen molar-refractivity contribution in [2.75, 3.05) is 6.61 Å². The highest BCUT2D eigenvalue weighted by atomic mass is 19.1. The van der Waals surface area contributed by atoms with Crippen molar-refractivity contribution >= 4 is 11.8 Å². The predicted molar refractivity (Wildman–Crippen MR) is 65.8 cm³/mol. The zero-order valence-electron chi connectivity index (χ0n) is 10.7. The minimum atomic E-state index is -0.725. The third kappa shape index (κ3) is 5.16. The van der Waals surface area contributed by atoms with Gasteiger partial charge in [0.25, 0.3) is 0 Å². The molecule has 19 heavy (non-hydrogen) atoms. The number of benzene rings is 1. The SMILES string of the molecule is CCOC(=O)CCCCC(=O)c1cc(F)ccc1F. The minimum absolute atomic E-state index is 0.0831. The molecule has 104 valence electrons. The molecule has 0 fully saturated rings. The van der Waals surface area contributed by atoms with Crippen LogP contribution in [0.5, 0.6) is 0 Å². The summed E-state index contributed by atoms with van der Waals surface area (Å²) in [6.45, 7) is 2.04. The van der Waals surface area contributed by atoms with Gasteiger partial charge in [-0.3, -0.25) is 9.59 Å². The van der Waals surface area contributed by atoms with E-state index in [-0.39, 0.29) is 24.4 Å². The summed E-state index contributed by atoms with van der Waals surface area (Å²) in [5.41, 5.74) is -0.240. The number of halogens is 2. The number of hydrogen-bond donors (Lipinski definition) is 0. The van der Waals surface area contributed by atoms with E-state index >= 15 is 0 Å². The van der Waals surface area contributed by atoms with Gasteiger partial charge in [0, 0.05) is 12.8 Å². The maximum atomic E-state index is 13.3. The molecule has 0 aliphatic heterocycles. The molecule has 0 N–H and O–H groups in total. The van der Waals surface area contributed by atoms with Crippen LogP contribution in [0.3, 0.4) is 0 Å². The van der Waals surface area contributed by atoms with Gasteiger partial charge < -0.3 is 4.74 Å². The molecule has 0 radical (unpaired) electrons. The van der Waals surface area contributed by atoms with Crippen molar-refractivity contribution in [2.24, 2.45) is 0 Å². The average Bonchev–Trinajstić information content (AvgIpc) is 2.37. The first-order valence-corrected chi connectivity index (χ1v) is 6.18. The van der Waals surface area contributed by atoms with Crippen LogP contribution in [0.2, 0.25) is 0 Å². The van der Waals surface area contributed by atoms with Crippen molar-refractivity contribution in [3.63, 3.8) is 0 Å². The summed E-state index contributed by atoms with van der Waals surface area (Å²) in [6.07, 6.45) is 1.24. The fourth-order valence-corrected chi connectivity index (χ4v) is 1.63. The van der Waals surface area contributed by atoms with Crippen LogP contribution in [0.4, 0.5) is 8.78 Å². The first kappa shape index (κ1) is 15.3. The molecule has 0 heterocycles. The molecule has 3 nitrogen and oxygen atoms in total. The maximum Gasteiger partial charge on any atom is 0.305 e. The van der Waals surface area contributed by atoms with E-state index in [0.29, 0.717) is 19.4 Å². The fraction of sp³-hybridized carbons (Fsp3) is 0.429. The number of esters is 1. The zero-order valence-corrected chi connectivity index (χ0v) is 10.7. The summed E-state index contributed by atoms with van der Waals surface area (Å²) in [4.78, 5) is 22.7. The molecule has 5 heteroatoms. The summed E-state index contributed by atoms with van der Waals surface area (Å²) in [6, 6.07) is 2.79. The number of carbonyl (C=O) groups excluding carboxylic acids is 2. The minimum Gasteiger partial charge on any atom is -0.466 e. The van der Waals surface area contributed by atoms with Gasteiger partial charge in [0.1, 0.15) is 11.6 Å². The Labute approximate surface area is 110 Å². The van der Waals surface area contributed by atoms with Gasteiger partial charge in [-0.05, 0) is 38.0 Å². The Morgan fingerprint density at radius 2 is 1.84 bits per heavy atom. The summed E-state index contributed by atoms with van der Waals surface area (Å²) < 4.78 is 30.9. The van der Waals surface area contributed by atoms with Crippen molar-refractivity contribution in [1.82, 2.24) is 0 Å². The highest BCUT2D eigenvalue weighted by molar-refractivity contribution is 5.96. The van der Waals surface area contributed by atoms with E-state index in [0.717, 1.165) is 18.2 Å². The van der Waals surface area contributed by atoms with Crippen LogP contribution in [0.25, 0.3) is 0 Å². The van der Waals surface area contributed by atoms with Gasteiger partial charge >= 0.3 is 5.97 Å². The van der Waals surface area contributed by atoms with Crippen molar-refractivity contribution < 1.29 is 23.1 Å². The Bertz CT molecular complexity index is 458. The van der Waals surface area contributed by atoms with E-state index < -0.39 is 17.4 Å². The predicted octanol–water partition coefficient (Wildman–Crippen LogP) is 3.27. The highest BCUT2D eigenvalue weighted by Gasteiger charge is 2.12. The van der Waals surface area contributed by atoms with Crippen molar-refractivity contribution in [3.05, 3.63) is 35.4 Å². The molecule has 0 atom stereocenters. The maximum absolute atomic E-state index is 13.3. The van der Waals surface area contributed by atoms with Crippen molar-refractivity contribution in [3.8, 4) is 0 Å². The van der Waals surface area contributed by atoms with Gasteiger partial charge in [0.15, 0.2) is 5.78 Å². The van der Waals surface area contributed by atoms with Gasteiger partial charge in [0.2, 0.25) is 0 Å². The quantitative estimate of drug-likeness (QED) is 0.434. The molecule has 0 bridgehead atoms. The van der Waals surface area contributed by atoms with E-state index in [1.54, 1.807) is 6.92 Å². The van der Waals surface area contributed by atoms with E-state index in [1.807, 2.05) is 0 Å². The number of ketones is 1. The largest absolute Gasteiger partial charge is 0.466 e. The second kappa shape index (κ2) is 7.61. The van der Waals surface area contributed by atoms with Gasteiger partial charge in [0.05, 0.1) is 12.2 Å². The number of carbonyl (C=O) groups is 2. The second-order valence-electron chi connectivity index (χ2n) is 4.06. The normalized spacial score (nSPS) is 10.3. The lowest BCUT2D eigenvalue weighted by atomic mass is 10.0. The third-order valence-electron chi connectivity index (χ3n) is 2.57. The molecule has 0 saturated heterocycles. The summed E-state index contributed by atoms with van der Waals surface area (Å²) in [5.74, 6) is -2.14. The number of ether oxygens (including phenoxy) is 1. The molecule has 0 aliphatic carbocycles.